The summed E-state index contributed by atoms with van der Waals surface area (Å²) >= 11 is 0. The fourth-order valence-electron chi connectivity index (χ4n) is 1.79. The molecule has 0 aliphatic rings. The van der Waals surface area contributed by atoms with E-state index in [-0.39, 0.29) is 5.91 Å². The maximum atomic E-state index is 11.7. The van der Waals surface area contributed by atoms with Crippen LogP contribution in [0.1, 0.15) is 21.5 Å². The Kier molecular flexibility index (Phi) is 4.30. The van der Waals surface area contributed by atoms with Crippen molar-refractivity contribution in [2.24, 2.45) is 0 Å². The van der Waals surface area contributed by atoms with Gasteiger partial charge >= 0.3 is 0 Å². The molecule has 0 radical (unpaired) electrons. The average Bonchev–Trinajstić information content (AvgIpc) is 2.91. The summed E-state index contributed by atoms with van der Waals surface area (Å²) in [6.45, 7) is 1.44. The molecule has 0 bridgehead atoms. The topological polar surface area (TPSA) is 61.0 Å². The molecule has 0 saturated heterocycles. The van der Waals surface area contributed by atoms with Crippen molar-refractivity contribution in [2.75, 3.05) is 14.1 Å². The summed E-state index contributed by atoms with van der Waals surface area (Å²) in [6.07, 6.45) is 3.09. The molecule has 1 amide bonds. The van der Waals surface area contributed by atoms with Crippen LogP contribution in [0.25, 0.3) is 0 Å². The van der Waals surface area contributed by atoms with Crippen molar-refractivity contribution in [1.82, 2.24) is 20.4 Å². The van der Waals surface area contributed by atoms with Crippen LogP contribution in [0.3, 0.4) is 0 Å². The Hall–Kier alpha value is -2.14. The van der Waals surface area contributed by atoms with Crippen LogP contribution < -0.4 is 5.32 Å². The van der Waals surface area contributed by atoms with Gasteiger partial charge in [0, 0.05) is 19.3 Å². The zero-order chi connectivity index (χ0) is 13.7. The molecule has 0 atom stereocenters. The second kappa shape index (κ2) is 6.15. The number of nitrogens with one attached hydrogen (secondary N) is 2. The lowest BCUT2D eigenvalue weighted by molar-refractivity contribution is 0.0951. The molecule has 2 aromatic rings. The van der Waals surface area contributed by atoms with E-state index in [0.717, 1.165) is 12.1 Å². The molecule has 100 valence electrons. The van der Waals surface area contributed by atoms with Gasteiger partial charge in [-0.3, -0.25) is 9.89 Å². The van der Waals surface area contributed by atoms with Crippen LogP contribution in [-0.2, 0) is 13.1 Å². The van der Waals surface area contributed by atoms with Gasteiger partial charge in [-0.15, -0.1) is 0 Å². The standard InChI is InChI=1S/C14H18N4O/c1-18(2)10-12-5-3-11(4-6-12)7-15-14(19)13-8-16-17-9-13/h3-6,8-9H,7,10H2,1-2H3,(H,15,19)(H,16,17). The van der Waals surface area contributed by atoms with Crippen LogP contribution in [0.15, 0.2) is 36.7 Å². The van der Waals surface area contributed by atoms with Crippen molar-refractivity contribution >= 4 is 5.91 Å². The first-order valence-corrected chi connectivity index (χ1v) is 6.14. The number of aromatic amines is 1. The molecule has 1 heterocycles. The minimum Gasteiger partial charge on any atom is -0.348 e. The quantitative estimate of drug-likeness (QED) is 0.852. The number of carbonyl (C=O) groups is 1. The highest BCUT2D eigenvalue weighted by Crippen LogP contribution is 2.06. The van der Waals surface area contributed by atoms with Gasteiger partial charge in [0.05, 0.1) is 11.8 Å². The third kappa shape index (κ3) is 3.93. The molecule has 1 aromatic heterocycles. The Morgan fingerprint density at radius 3 is 2.53 bits per heavy atom. The highest BCUT2D eigenvalue weighted by atomic mass is 16.1. The maximum absolute atomic E-state index is 11.7. The minimum absolute atomic E-state index is 0.119. The van der Waals surface area contributed by atoms with Gasteiger partial charge in [-0.05, 0) is 25.2 Å². The molecule has 5 heteroatoms. The fraction of sp³-hybridized carbons (Fsp3) is 0.286. The zero-order valence-corrected chi connectivity index (χ0v) is 11.2. The van der Waals surface area contributed by atoms with Gasteiger partial charge < -0.3 is 10.2 Å². The van der Waals surface area contributed by atoms with Crippen molar-refractivity contribution in [3.05, 3.63) is 53.3 Å². The van der Waals surface area contributed by atoms with E-state index in [1.54, 1.807) is 6.20 Å². The first-order valence-electron chi connectivity index (χ1n) is 6.14. The van der Waals surface area contributed by atoms with Crippen molar-refractivity contribution in [3.63, 3.8) is 0 Å². The third-order valence-corrected chi connectivity index (χ3v) is 2.74. The van der Waals surface area contributed by atoms with E-state index < -0.39 is 0 Å². The molecular weight excluding hydrogens is 240 g/mol. The van der Waals surface area contributed by atoms with Crippen molar-refractivity contribution in [1.29, 1.82) is 0 Å². The van der Waals surface area contributed by atoms with Gasteiger partial charge in [0.25, 0.3) is 5.91 Å². The molecule has 1 aromatic carbocycles. The lowest BCUT2D eigenvalue weighted by Gasteiger charge is -2.10. The Morgan fingerprint density at radius 2 is 1.95 bits per heavy atom. The Balaban J connectivity index is 1.88. The summed E-state index contributed by atoms with van der Waals surface area (Å²) in [5.41, 5.74) is 2.89. The van der Waals surface area contributed by atoms with Crippen molar-refractivity contribution in [3.8, 4) is 0 Å². The normalized spacial score (nSPS) is 10.7. The number of rotatable bonds is 5. The number of aromatic nitrogens is 2. The Labute approximate surface area is 112 Å². The van der Waals surface area contributed by atoms with E-state index in [2.05, 4.69) is 32.5 Å². The molecule has 5 nitrogen and oxygen atoms in total. The second-order valence-electron chi connectivity index (χ2n) is 4.72. The lowest BCUT2D eigenvalue weighted by Crippen LogP contribution is -2.22. The molecule has 0 aliphatic carbocycles. The third-order valence-electron chi connectivity index (χ3n) is 2.74. The Morgan fingerprint density at radius 1 is 1.26 bits per heavy atom. The number of H-pyrrole nitrogens is 1. The molecule has 0 spiro atoms. The fourth-order valence-corrected chi connectivity index (χ4v) is 1.79. The SMILES string of the molecule is CN(C)Cc1ccc(CNC(=O)c2cn[nH]c2)cc1. The zero-order valence-electron chi connectivity index (χ0n) is 11.2. The number of nitrogens with zero attached hydrogens (tertiary/aromatic N) is 2. The first kappa shape index (κ1) is 13.3. The first-order chi connectivity index (χ1) is 9.15. The van der Waals surface area contributed by atoms with Gasteiger partial charge in [0.15, 0.2) is 0 Å². The largest absolute Gasteiger partial charge is 0.348 e. The molecule has 0 fully saturated rings. The van der Waals surface area contributed by atoms with Crippen LogP contribution in [0, 0.1) is 0 Å². The van der Waals surface area contributed by atoms with Gasteiger partial charge in [-0.1, -0.05) is 24.3 Å². The van der Waals surface area contributed by atoms with E-state index in [0.29, 0.717) is 12.1 Å². The molecule has 2 rings (SSSR count). The van der Waals surface area contributed by atoms with E-state index >= 15 is 0 Å². The van der Waals surface area contributed by atoms with Crippen LogP contribution in [0.5, 0.6) is 0 Å². The summed E-state index contributed by atoms with van der Waals surface area (Å²) < 4.78 is 0. The predicted octanol–water partition coefficient (Wildman–Crippen LogP) is 1.40. The van der Waals surface area contributed by atoms with E-state index in [1.165, 1.54) is 11.8 Å². The summed E-state index contributed by atoms with van der Waals surface area (Å²) in [5, 5.41) is 9.22. The van der Waals surface area contributed by atoms with Crippen LogP contribution in [-0.4, -0.2) is 35.1 Å². The van der Waals surface area contributed by atoms with Gasteiger partial charge in [0.2, 0.25) is 0 Å². The number of hydrogen-bond acceptors (Lipinski definition) is 3. The van der Waals surface area contributed by atoms with E-state index in [9.17, 15) is 4.79 Å². The summed E-state index contributed by atoms with van der Waals surface area (Å²) in [5.74, 6) is -0.119. The van der Waals surface area contributed by atoms with Crippen molar-refractivity contribution < 1.29 is 4.79 Å². The number of benzene rings is 1. The average molecular weight is 258 g/mol. The highest BCUT2D eigenvalue weighted by Gasteiger charge is 2.05. The molecule has 19 heavy (non-hydrogen) atoms. The summed E-state index contributed by atoms with van der Waals surface area (Å²) in [6, 6.07) is 8.24. The second-order valence-corrected chi connectivity index (χ2v) is 4.72. The van der Waals surface area contributed by atoms with Gasteiger partial charge in [-0.25, -0.2) is 0 Å². The smallest absolute Gasteiger partial charge is 0.254 e. The van der Waals surface area contributed by atoms with E-state index in [1.807, 2.05) is 26.2 Å². The van der Waals surface area contributed by atoms with Crippen LogP contribution in [0.4, 0.5) is 0 Å². The minimum atomic E-state index is -0.119. The summed E-state index contributed by atoms with van der Waals surface area (Å²) in [7, 11) is 4.08. The molecule has 0 aliphatic heterocycles. The summed E-state index contributed by atoms with van der Waals surface area (Å²) in [4.78, 5) is 13.8. The van der Waals surface area contributed by atoms with Crippen LogP contribution >= 0.6 is 0 Å². The van der Waals surface area contributed by atoms with Crippen molar-refractivity contribution in [2.45, 2.75) is 13.1 Å². The lowest BCUT2D eigenvalue weighted by atomic mass is 10.1. The number of carbonyl (C=O) groups excluding carboxylic acids is 1. The molecular formula is C14H18N4O. The van der Waals surface area contributed by atoms with Gasteiger partial charge in [0.1, 0.15) is 0 Å². The highest BCUT2D eigenvalue weighted by molar-refractivity contribution is 5.93. The number of amides is 1. The Bertz CT molecular complexity index is 517. The van der Waals surface area contributed by atoms with Crippen LogP contribution in [0.2, 0.25) is 0 Å². The van der Waals surface area contributed by atoms with E-state index in [4.69, 9.17) is 0 Å². The monoisotopic (exact) mass is 258 g/mol. The maximum Gasteiger partial charge on any atom is 0.254 e. The molecule has 2 N–H and O–H groups in total. The number of hydrogen-bond donors (Lipinski definition) is 2. The molecule has 0 unspecified atom stereocenters. The molecule has 0 saturated carbocycles. The van der Waals surface area contributed by atoms with Gasteiger partial charge in [-0.2, -0.15) is 5.10 Å². The predicted molar refractivity (Wildman–Crippen MR) is 73.6 cm³/mol.